The maximum Gasteiger partial charge on any atom is 0.228 e. The van der Waals surface area contributed by atoms with Crippen molar-refractivity contribution in [1.29, 1.82) is 0 Å². The number of aromatic nitrogens is 2. The molecule has 4 heteroatoms. The van der Waals surface area contributed by atoms with Crippen molar-refractivity contribution in [2.45, 2.75) is 33.1 Å². The summed E-state index contributed by atoms with van der Waals surface area (Å²) in [5, 5.41) is 0. The Morgan fingerprint density at radius 3 is 1.19 bits per heavy atom. The Hall–Kier alpha value is -4.44. The van der Waals surface area contributed by atoms with Crippen molar-refractivity contribution >= 4 is 11.8 Å². The molecule has 0 radical (unpaired) electrons. The Kier molecular flexibility index (Phi) is 7.87. The Morgan fingerprint density at radius 2 is 0.811 bits per heavy atom. The molecule has 0 aliphatic rings. The summed E-state index contributed by atoms with van der Waals surface area (Å²) in [7, 11) is 0. The van der Waals surface area contributed by atoms with Gasteiger partial charge in [-0.1, -0.05) is 121 Å². The van der Waals surface area contributed by atoms with Crippen molar-refractivity contribution in [3.8, 4) is 0 Å². The second kappa shape index (κ2) is 12.0. The molecule has 0 bridgehead atoms. The van der Waals surface area contributed by atoms with Crippen molar-refractivity contribution in [3.05, 3.63) is 155 Å². The summed E-state index contributed by atoms with van der Waals surface area (Å²) in [6, 6.07) is 44.3. The molecule has 0 aliphatic heterocycles. The first-order chi connectivity index (χ1) is 18.2. The van der Waals surface area contributed by atoms with Gasteiger partial charge in [-0.2, -0.15) is 4.98 Å². The number of hydrogen-bond acceptors (Lipinski definition) is 4. The van der Waals surface area contributed by atoms with Gasteiger partial charge < -0.3 is 9.80 Å². The van der Waals surface area contributed by atoms with E-state index in [1.165, 1.54) is 22.3 Å². The minimum absolute atomic E-state index is 0.732. The molecule has 1 heterocycles. The van der Waals surface area contributed by atoms with E-state index in [4.69, 9.17) is 9.97 Å². The van der Waals surface area contributed by atoms with E-state index in [1.807, 2.05) is 0 Å². The molecule has 0 N–H and O–H groups in total. The van der Waals surface area contributed by atoms with Crippen LogP contribution in [0.3, 0.4) is 0 Å². The van der Waals surface area contributed by atoms with Crippen LogP contribution in [0.2, 0.25) is 0 Å². The zero-order valence-electron chi connectivity index (χ0n) is 21.2. The van der Waals surface area contributed by atoms with Crippen LogP contribution >= 0.6 is 0 Å². The van der Waals surface area contributed by atoms with Gasteiger partial charge in [-0.3, -0.25) is 0 Å². The second-order valence-electron chi connectivity index (χ2n) is 9.32. The van der Waals surface area contributed by atoms with Gasteiger partial charge in [-0.15, -0.1) is 0 Å². The normalized spacial score (nSPS) is 10.7. The van der Waals surface area contributed by atoms with Gasteiger partial charge in [0.25, 0.3) is 0 Å². The zero-order chi connectivity index (χ0) is 25.3. The predicted octanol–water partition coefficient (Wildman–Crippen LogP) is 7.20. The molecule has 184 valence electrons. The largest absolute Gasteiger partial charge is 0.348 e. The fraction of sp³-hybridized carbons (Fsp3) is 0.152. The van der Waals surface area contributed by atoms with Gasteiger partial charge in [0.1, 0.15) is 5.82 Å². The predicted molar refractivity (Wildman–Crippen MR) is 152 cm³/mol. The minimum Gasteiger partial charge on any atom is -0.348 e. The molecule has 5 aromatic rings. The van der Waals surface area contributed by atoms with E-state index in [-0.39, 0.29) is 0 Å². The van der Waals surface area contributed by atoms with E-state index >= 15 is 0 Å². The monoisotopic (exact) mass is 484 g/mol. The van der Waals surface area contributed by atoms with E-state index in [9.17, 15) is 0 Å². The Balaban J connectivity index is 1.51. The van der Waals surface area contributed by atoms with Crippen molar-refractivity contribution in [1.82, 2.24) is 9.97 Å². The van der Waals surface area contributed by atoms with Crippen LogP contribution < -0.4 is 9.80 Å². The number of rotatable bonds is 10. The highest BCUT2D eigenvalue weighted by atomic mass is 15.3. The summed E-state index contributed by atoms with van der Waals surface area (Å²) >= 11 is 0. The molecule has 0 amide bonds. The number of hydrogen-bond donors (Lipinski definition) is 0. The lowest BCUT2D eigenvalue weighted by molar-refractivity contribution is 0.739. The average molecular weight is 485 g/mol. The lowest BCUT2D eigenvalue weighted by atomic mass is 10.1. The van der Waals surface area contributed by atoms with Crippen molar-refractivity contribution in [2.75, 3.05) is 9.80 Å². The molecule has 0 unspecified atom stereocenters. The highest BCUT2D eigenvalue weighted by Crippen LogP contribution is 2.24. The second-order valence-corrected chi connectivity index (χ2v) is 9.32. The topological polar surface area (TPSA) is 32.3 Å². The first-order valence-electron chi connectivity index (χ1n) is 12.7. The standard InChI is InChI=1S/C33H32N4/c1-27-22-32(36(23-28-14-6-2-7-15-28)24-29-16-8-3-9-17-29)35-33(34-27)37(25-30-18-10-4-11-19-30)26-31-20-12-5-13-21-31/h2-22H,23-26H2,1H3. The van der Waals surface area contributed by atoms with Crippen LogP contribution in [0, 0.1) is 6.92 Å². The van der Waals surface area contributed by atoms with E-state index < -0.39 is 0 Å². The van der Waals surface area contributed by atoms with Gasteiger partial charge in [0, 0.05) is 37.9 Å². The van der Waals surface area contributed by atoms with Crippen LogP contribution in [0.25, 0.3) is 0 Å². The molecule has 37 heavy (non-hydrogen) atoms. The summed E-state index contributed by atoms with van der Waals surface area (Å²) in [5.41, 5.74) is 5.92. The molecule has 5 rings (SSSR count). The van der Waals surface area contributed by atoms with Crippen LogP contribution in [0.1, 0.15) is 27.9 Å². The Bertz CT molecular complexity index is 1190. The summed E-state index contributed by atoms with van der Waals surface area (Å²) < 4.78 is 0. The minimum atomic E-state index is 0.732. The molecule has 0 spiro atoms. The quantitative estimate of drug-likeness (QED) is 0.210. The smallest absolute Gasteiger partial charge is 0.228 e. The zero-order valence-corrected chi connectivity index (χ0v) is 21.2. The van der Waals surface area contributed by atoms with E-state index in [2.05, 4.69) is 144 Å². The van der Waals surface area contributed by atoms with Crippen molar-refractivity contribution < 1.29 is 0 Å². The summed E-state index contributed by atoms with van der Waals surface area (Å²) in [6.45, 7) is 5.05. The molecule has 0 saturated heterocycles. The summed E-state index contributed by atoms with van der Waals surface area (Å²) in [4.78, 5) is 14.7. The van der Waals surface area contributed by atoms with Crippen molar-refractivity contribution in [3.63, 3.8) is 0 Å². The summed E-state index contributed by atoms with van der Waals surface area (Å²) in [5.74, 6) is 1.68. The van der Waals surface area contributed by atoms with Gasteiger partial charge in [0.05, 0.1) is 0 Å². The number of anilines is 2. The summed E-state index contributed by atoms with van der Waals surface area (Å²) in [6.07, 6.45) is 0. The average Bonchev–Trinajstić information content (AvgIpc) is 2.94. The molecule has 0 atom stereocenters. The fourth-order valence-corrected chi connectivity index (χ4v) is 4.47. The maximum atomic E-state index is 5.16. The van der Waals surface area contributed by atoms with Crippen LogP contribution in [0.15, 0.2) is 127 Å². The molecular formula is C33H32N4. The van der Waals surface area contributed by atoms with Crippen LogP contribution in [-0.2, 0) is 26.2 Å². The molecular weight excluding hydrogens is 452 g/mol. The third-order valence-corrected chi connectivity index (χ3v) is 6.30. The first kappa shape index (κ1) is 24.3. The Labute approximate surface area is 219 Å². The lowest BCUT2D eigenvalue weighted by Gasteiger charge is -2.28. The van der Waals surface area contributed by atoms with E-state index in [0.717, 1.165) is 43.6 Å². The lowest BCUT2D eigenvalue weighted by Crippen LogP contribution is -2.27. The van der Waals surface area contributed by atoms with Gasteiger partial charge >= 0.3 is 0 Å². The molecule has 0 aliphatic carbocycles. The first-order valence-corrected chi connectivity index (χ1v) is 12.7. The molecule has 1 aromatic heterocycles. The van der Waals surface area contributed by atoms with Gasteiger partial charge in [0.15, 0.2) is 0 Å². The van der Waals surface area contributed by atoms with Crippen LogP contribution in [0.5, 0.6) is 0 Å². The Morgan fingerprint density at radius 1 is 0.459 bits per heavy atom. The van der Waals surface area contributed by atoms with Gasteiger partial charge in [0.2, 0.25) is 5.95 Å². The van der Waals surface area contributed by atoms with E-state index in [1.54, 1.807) is 0 Å². The van der Waals surface area contributed by atoms with Crippen LogP contribution in [-0.4, -0.2) is 9.97 Å². The van der Waals surface area contributed by atoms with E-state index in [0.29, 0.717) is 0 Å². The molecule has 4 nitrogen and oxygen atoms in total. The van der Waals surface area contributed by atoms with Gasteiger partial charge in [-0.05, 0) is 29.2 Å². The maximum absolute atomic E-state index is 5.16. The SMILES string of the molecule is Cc1cc(N(Cc2ccccc2)Cc2ccccc2)nc(N(Cc2ccccc2)Cc2ccccc2)n1. The molecule has 0 fully saturated rings. The van der Waals surface area contributed by atoms with Gasteiger partial charge in [-0.25, -0.2) is 4.98 Å². The third kappa shape index (κ3) is 6.83. The highest BCUT2D eigenvalue weighted by molar-refractivity contribution is 5.48. The number of benzene rings is 4. The molecule has 4 aromatic carbocycles. The fourth-order valence-electron chi connectivity index (χ4n) is 4.47. The number of nitrogens with zero attached hydrogens (tertiary/aromatic N) is 4. The van der Waals surface area contributed by atoms with Crippen molar-refractivity contribution in [2.24, 2.45) is 0 Å². The number of aryl methyl sites for hydroxylation is 1. The third-order valence-electron chi connectivity index (χ3n) is 6.30. The van der Waals surface area contributed by atoms with Crippen LogP contribution in [0.4, 0.5) is 11.8 Å². The molecule has 0 saturated carbocycles. The highest BCUT2D eigenvalue weighted by Gasteiger charge is 2.17.